The number of likely N-dealkylation sites (tertiary alicyclic amines) is 1. The minimum atomic E-state index is -0.786. The largest absolute Gasteiger partial charge is 0.480 e. The number of nitrogens with zero attached hydrogens (tertiary/aromatic N) is 2. The van der Waals surface area contributed by atoms with E-state index in [0.717, 1.165) is 32.2 Å². The van der Waals surface area contributed by atoms with Crippen molar-refractivity contribution in [2.24, 2.45) is 0 Å². The van der Waals surface area contributed by atoms with Gasteiger partial charge in [0.05, 0.1) is 6.54 Å². The van der Waals surface area contributed by atoms with Gasteiger partial charge < -0.3 is 10.0 Å². The first-order valence-corrected chi connectivity index (χ1v) is 6.31. The zero-order valence-corrected chi connectivity index (χ0v) is 10.3. The zero-order valence-electron chi connectivity index (χ0n) is 10.3. The summed E-state index contributed by atoms with van der Waals surface area (Å²) in [4.78, 5) is 26.3. The lowest BCUT2D eigenvalue weighted by Gasteiger charge is -2.38. The molecular formula is C12H20N2O3. The van der Waals surface area contributed by atoms with Crippen molar-refractivity contribution in [3.8, 4) is 0 Å². The van der Waals surface area contributed by atoms with Crippen LogP contribution in [0.5, 0.6) is 0 Å². The van der Waals surface area contributed by atoms with Crippen LogP contribution < -0.4 is 0 Å². The molecule has 0 aromatic carbocycles. The van der Waals surface area contributed by atoms with Gasteiger partial charge in [-0.05, 0) is 32.2 Å². The third kappa shape index (κ3) is 3.19. The minimum Gasteiger partial charge on any atom is -0.480 e. The summed E-state index contributed by atoms with van der Waals surface area (Å²) in [5.41, 5.74) is 0. The van der Waals surface area contributed by atoms with E-state index >= 15 is 0 Å². The predicted octanol–water partition coefficient (Wildman–Crippen LogP) is 0.546. The van der Waals surface area contributed by atoms with Gasteiger partial charge in [-0.2, -0.15) is 0 Å². The number of hydrogen-bond donors (Lipinski definition) is 1. The second-order valence-corrected chi connectivity index (χ2v) is 5.08. The minimum absolute atomic E-state index is 0.0902. The van der Waals surface area contributed by atoms with Gasteiger partial charge in [0.25, 0.3) is 0 Å². The van der Waals surface area contributed by atoms with Crippen molar-refractivity contribution in [2.75, 3.05) is 19.6 Å². The van der Waals surface area contributed by atoms with Gasteiger partial charge >= 0.3 is 5.97 Å². The van der Waals surface area contributed by atoms with Crippen LogP contribution >= 0.6 is 0 Å². The first-order chi connectivity index (χ1) is 8.08. The fourth-order valence-electron chi connectivity index (χ4n) is 2.76. The molecule has 2 aliphatic rings. The standard InChI is InChI=1S/C12H20N2O3/c1-9(15)14(10-4-5-10)11-3-2-6-13(7-11)8-12(16)17/h10-11H,2-8H2,1H3,(H,16,17). The Labute approximate surface area is 101 Å². The van der Waals surface area contributed by atoms with Crippen molar-refractivity contribution >= 4 is 11.9 Å². The average molecular weight is 240 g/mol. The molecule has 2 fully saturated rings. The molecule has 5 nitrogen and oxygen atoms in total. The van der Waals surface area contributed by atoms with E-state index in [0.29, 0.717) is 12.6 Å². The molecule has 1 saturated carbocycles. The molecule has 0 radical (unpaired) electrons. The fraction of sp³-hybridized carbons (Fsp3) is 0.833. The Hall–Kier alpha value is -1.10. The Balaban J connectivity index is 1.95. The molecule has 0 bridgehead atoms. The normalized spacial score (nSPS) is 25.6. The van der Waals surface area contributed by atoms with E-state index < -0.39 is 5.97 Å². The molecule has 5 heteroatoms. The van der Waals surface area contributed by atoms with Crippen LogP contribution in [0.2, 0.25) is 0 Å². The van der Waals surface area contributed by atoms with E-state index in [4.69, 9.17) is 5.11 Å². The van der Waals surface area contributed by atoms with E-state index in [1.807, 2.05) is 9.80 Å². The number of carboxylic acids is 1. The van der Waals surface area contributed by atoms with Crippen molar-refractivity contribution in [3.63, 3.8) is 0 Å². The lowest BCUT2D eigenvalue weighted by atomic mass is 10.0. The maximum Gasteiger partial charge on any atom is 0.317 e. The molecule has 0 aromatic rings. The van der Waals surface area contributed by atoms with Gasteiger partial charge in [-0.25, -0.2) is 0 Å². The Morgan fingerprint density at radius 2 is 2.00 bits per heavy atom. The van der Waals surface area contributed by atoms with Crippen LogP contribution in [0.25, 0.3) is 0 Å². The van der Waals surface area contributed by atoms with Gasteiger partial charge in [-0.15, -0.1) is 0 Å². The van der Waals surface area contributed by atoms with Gasteiger partial charge in [0.15, 0.2) is 0 Å². The third-order valence-corrected chi connectivity index (χ3v) is 3.54. The molecule has 1 N–H and O–H groups in total. The number of carboxylic acid groups (broad SMARTS) is 1. The van der Waals surface area contributed by atoms with Crippen LogP contribution in [0.15, 0.2) is 0 Å². The summed E-state index contributed by atoms with van der Waals surface area (Å²) in [6.45, 7) is 3.25. The topological polar surface area (TPSA) is 60.9 Å². The highest BCUT2D eigenvalue weighted by Gasteiger charge is 2.37. The molecule has 96 valence electrons. The third-order valence-electron chi connectivity index (χ3n) is 3.54. The highest BCUT2D eigenvalue weighted by molar-refractivity contribution is 5.74. The fourth-order valence-corrected chi connectivity index (χ4v) is 2.76. The van der Waals surface area contributed by atoms with E-state index in [9.17, 15) is 9.59 Å². The van der Waals surface area contributed by atoms with Gasteiger partial charge in [0.1, 0.15) is 0 Å². The van der Waals surface area contributed by atoms with Gasteiger partial charge in [-0.3, -0.25) is 14.5 Å². The first-order valence-electron chi connectivity index (χ1n) is 6.31. The van der Waals surface area contributed by atoms with Gasteiger partial charge in [0.2, 0.25) is 5.91 Å². The van der Waals surface area contributed by atoms with Crippen molar-refractivity contribution in [1.82, 2.24) is 9.80 Å². The Morgan fingerprint density at radius 1 is 1.29 bits per heavy atom. The van der Waals surface area contributed by atoms with Crippen molar-refractivity contribution in [2.45, 2.75) is 44.7 Å². The zero-order chi connectivity index (χ0) is 12.4. The summed E-state index contributed by atoms with van der Waals surface area (Å²) < 4.78 is 0. The van der Waals surface area contributed by atoms with Gasteiger partial charge in [0, 0.05) is 25.6 Å². The lowest BCUT2D eigenvalue weighted by molar-refractivity contribution is -0.139. The molecule has 0 aromatic heterocycles. The monoisotopic (exact) mass is 240 g/mol. The molecule has 1 saturated heterocycles. The number of piperidine rings is 1. The predicted molar refractivity (Wildman–Crippen MR) is 62.6 cm³/mol. The summed E-state index contributed by atoms with van der Waals surface area (Å²) in [7, 11) is 0. The molecule has 1 amide bonds. The smallest absolute Gasteiger partial charge is 0.317 e. The lowest BCUT2D eigenvalue weighted by Crippen LogP contribution is -2.51. The van der Waals surface area contributed by atoms with Gasteiger partial charge in [-0.1, -0.05) is 0 Å². The molecule has 1 unspecified atom stereocenters. The van der Waals surface area contributed by atoms with E-state index in [2.05, 4.69) is 0 Å². The summed E-state index contributed by atoms with van der Waals surface area (Å²) in [5.74, 6) is -0.652. The number of rotatable bonds is 4. The highest BCUT2D eigenvalue weighted by Crippen LogP contribution is 2.31. The maximum atomic E-state index is 11.6. The summed E-state index contributed by atoms with van der Waals surface area (Å²) in [6, 6.07) is 0.635. The van der Waals surface area contributed by atoms with E-state index in [1.54, 1.807) is 6.92 Å². The quantitative estimate of drug-likeness (QED) is 0.779. The van der Waals surface area contributed by atoms with Crippen molar-refractivity contribution in [1.29, 1.82) is 0 Å². The summed E-state index contributed by atoms with van der Waals surface area (Å²) >= 11 is 0. The molecule has 1 aliphatic carbocycles. The molecular weight excluding hydrogens is 220 g/mol. The van der Waals surface area contributed by atoms with E-state index in [-0.39, 0.29) is 18.5 Å². The van der Waals surface area contributed by atoms with Crippen LogP contribution in [0.4, 0.5) is 0 Å². The number of carbonyl (C=O) groups is 2. The summed E-state index contributed by atoms with van der Waals surface area (Å²) in [6.07, 6.45) is 4.20. The SMILES string of the molecule is CC(=O)N(C1CC1)C1CCCN(CC(=O)O)C1. The second kappa shape index (κ2) is 5.04. The van der Waals surface area contributed by atoms with Crippen LogP contribution in [0.3, 0.4) is 0 Å². The van der Waals surface area contributed by atoms with Crippen LogP contribution in [-0.4, -0.2) is 58.5 Å². The molecule has 17 heavy (non-hydrogen) atoms. The van der Waals surface area contributed by atoms with Crippen LogP contribution in [-0.2, 0) is 9.59 Å². The van der Waals surface area contributed by atoms with Crippen molar-refractivity contribution in [3.05, 3.63) is 0 Å². The molecule has 1 atom stereocenters. The Morgan fingerprint density at radius 3 is 2.53 bits per heavy atom. The molecule has 1 heterocycles. The van der Waals surface area contributed by atoms with Crippen LogP contribution in [0.1, 0.15) is 32.6 Å². The number of aliphatic carboxylic acids is 1. The maximum absolute atomic E-state index is 11.6. The van der Waals surface area contributed by atoms with Crippen LogP contribution in [0, 0.1) is 0 Å². The molecule has 0 spiro atoms. The number of amides is 1. The highest BCUT2D eigenvalue weighted by atomic mass is 16.4. The Kier molecular flexibility index (Phi) is 3.66. The second-order valence-electron chi connectivity index (χ2n) is 5.08. The molecule has 2 rings (SSSR count). The number of carbonyl (C=O) groups excluding carboxylic acids is 1. The van der Waals surface area contributed by atoms with E-state index in [1.165, 1.54) is 0 Å². The van der Waals surface area contributed by atoms with Crippen molar-refractivity contribution < 1.29 is 14.7 Å². The molecule has 1 aliphatic heterocycles. The summed E-state index contributed by atoms with van der Waals surface area (Å²) in [5, 5.41) is 8.80. The first kappa shape index (κ1) is 12.4. The average Bonchev–Trinajstić information content (AvgIpc) is 3.01. The number of hydrogen-bond acceptors (Lipinski definition) is 3. The Bertz CT molecular complexity index is 315.